The first kappa shape index (κ1) is 27.8. The maximum absolute atomic E-state index is 6.94. The van der Waals surface area contributed by atoms with Gasteiger partial charge in [0.15, 0.2) is 0 Å². The number of hydrogen-bond donors (Lipinski definition) is 2. The molecule has 3 aromatic carbocycles. The van der Waals surface area contributed by atoms with Gasteiger partial charge in [-0.25, -0.2) is 0 Å². The summed E-state index contributed by atoms with van der Waals surface area (Å²) in [7, 11) is 0. The van der Waals surface area contributed by atoms with Gasteiger partial charge < -0.3 is 11.5 Å². The first-order valence-electron chi connectivity index (χ1n) is 12.5. The van der Waals surface area contributed by atoms with Crippen LogP contribution in [-0.4, -0.2) is 0 Å². The van der Waals surface area contributed by atoms with Gasteiger partial charge in [0, 0.05) is 27.2 Å². The largest absolute Gasteiger partial charge is 0.399 e. The highest BCUT2D eigenvalue weighted by Gasteiger charge is 2.31. The second kappa shape index (κ2) is 10.9. The highest BCUT2D eigenvalue weighted by molar-refractivity contribution is 6.32. The van der Waals surface area contributed by atoms with Gasteiger partial charge in [0.25, 0.3) is 0 Å². The number of halogens is 1. The van der Waals surface area contributed by atoms with Crippen molar-refractivity contribution in [2.24, 2.45) is 0 Å². The maximum Gasteiger partial charge on any atom is 0.0499 e. The Bertz CT molecular complexity index is 1140. The molecule has 4 N–H and O–H groups in total. The molecule has 34 heavy (non-hydrogen) atoms. The van der Waals surface area contributed by atoms with Crippen molar-refractivity contribution in [1.29, 1.82) is 0 Å². The predicted molar refractivity (Wildman–Crippen MR) is 152 cm³/mol. The molecule has 184 valence electrons. The number of nitrogens with two attached hydrogens (primary N) is 2. The molecule has 2 nitrogen and oxygen atoms in total. The number of rotatable bonds is 6. The van der Waals surface area contributed by atoms with Crippen LogP contribution in [0.1, 0.15) is 94.3 Å². The van der Waals surface area contributed by atoms with Crippen LogP contribution in [-0.2, 0) is 23.7 Å². The quantitative estimate of drug-likeness (QED) is 0.348. The Balaban J connectivity index is 0.00000199. The molecule has 0 unspecified atom stereocenters. The third kappa shape index (κ3) is 5.13. The topological polar surface area (TPSA) is 52.0 Å². The Hall–Kier alpha value is -2.45. The lowest BCUT2D eigenvalue weighted by Crippen LogP contribution is -2.24. The van der Waals surface area contributed by atoms with Crippen LogP contribution in [0.4, 0.5) is 11.4 Å². The van der Waals surface area contributed by atoms with E-state index in [9.17, 15) is 0 Å². The molecule has 0 aliphatic heterocycles. The number of anilines is 2. The van der Waals surface area contributed by atoms with E-state index in [2.05, 4.69) is 90.9 Å². The lowest BCUT2D eigenvalue weighted by Gasteiger charge is -2.32. The minimum absolute atomic E-state index is 0.154. The van der Waals surface area contributed by atoms with Gasteiger partial charge in [-0.05, 0) is 64.8 Å². The minimum Gasteiger partial charge on any atom is -0.399 e. The molecule has 0 spiro atoms. The smallest absolute Gasteiger partial charge is 0.0499 e. The van der Waals surface area contributed by atoms with E-state index < -0.39 is 0 Å². The molecule has 0 aliphatic rings. The van der Waals surface area contributed by atoms with E-state index in [1.165, 1.54) is 22.3 Å². The number of aryl methyl sites for hydroxylation is 2. The Morgan fingerprint density at radius 2 is 1.32 bits per heavy atom. The molecule has 3 heteroatoms. The Labute approximate surface area is 212 Å². The first-order valence-corrected chi connectivity index (χ1v) is 12.9. The highest BCUT2D eigenvalue weighted by Crippen LogP contribution is 2.42. The summed E-state index contributed by atoms with van der Waals surface area (Å²) in [6.07, 6.45) is 1.72. The van der Waals surface area contributed by atoms with Crippen molar-refractivity contribution in [3.63, 3.8) is 0 Å². The fourth-order valence-corrected chi connectivity index (χ4v) is 5.09. The fourth-order valence-electron chi connectivity index (χ4n) is 4.57. The average molecular weight is 479 g/mol. The third-order valence-electron chi connectivity index (χ3n) is 7.20. The Morgan fingerprint density at radius 3 is 1.85 bits per heavy atom. The average Bonchev–Trinajstić information content (AvgIpc) is 2.82. The molecule has 0 saturated carbocycles. The lowest BCUT2D eigenvalue weighted by molar-refractivity contribution is 0.616. The van der Waals surface area contributed by atoms with Crippen LogP contribution in [0.3, 0.4) is 0 Å². The molecular weight excluding hydrogens is 436 g/mol. The molecule has 3 aromatic rings. The van der Waals surface area contributed by atoms with Crippen LogP contribution < -0.4 is 11.5 Å². The van der Waals surface area contributed by atoms with Crippen molar-refractivity contribution in [3.05, 3.63) is 92.5 Å². The van der Waals surface area contributed by atoms with Crippen molar-refractivity contribution < 1.29 is 0 Å². The third-order valence-corrected chi connectivity index (χ3v) is 7.63. The van der Waals surface area contributed by atoms with Crippen LogP contribution in [0.2, 0.25) is 5.02 Å². The second-order valence-corrected chi connectivity index (χ2v) is 10.3. The summed E-state index contributed by atoms with van der Waals surface area (Å²) >= 11 is 6.94. The molecule has 3 rings (SSSR count). The van der Waals surface area contributed by atoms with E-state index in [1.54, 1.807) is 0 Å². The van der Waals surface area contributed by atoms with Crippen LogP contribution in [0.25, 0.3) is 0 Å². The van der Waals surface area contributed by atoms with E-state index >= 15 is 0 Å². The van der Waals surface area contributed by atoms with Gasteiger partial charge >= 0.3 is 0 Å². The van der Waals surface area contributed by atoms with Crippen LogP contribution in [0, 0.1) is 6.92 Å². The number of benzene rings is 3. The molecule has 0 atom stereocenters. The van der Waals surface area contributed by atoms with Crippen molar-refractivity contribution in [2.75, 3.05) is 11.5 Å². The van der Waals surface area contributed by atoms with Gasteiger partial charge in [-0.2, -0.15) is 0 Å². The van der Waals surface area contributed by atoms with Crippen LogP contribution >= 0.6 is 11.6 Å². The number of nitrogen functional groups attached to an aromatic ring is 2. The molecule has 0 fully saturated rings. The molecule has 0 aliphatic carbocycles. The molecule has 0 saturated heterocycles. The zero-order chi connectivity index (χ0) is 25.8. The van der Waals surface area contributed by atoms with E-state index in [-0.39, 0.29) is 10.8 Å². The summed E-state index contributed by atoms with van der Waals surface area (Å²) in [5, 5.41) is 0.797. The SMILES string of the molecule is CC.CCc1cc(C(C)(C)c2cccc(C(C)(C)c3ccc(N)c(C)c3)c2)c(Cl)c(CC)c1N. The molecule has 0 radical (unpaired) electrons. The monoisotopic (exact) mass is 478 g/mol. The van der Waals surface area contributed by atoms with Gasteiger partial charge in [-0.1, -0.05) is 109 Å². The predicted octanol–water partition coefficient (Wildman–Crippen LogP) is 8.62. The normalized spacial score (nSPS) is 11.7. The van der Waals surface area contributed by atoms with Gasteiger partial charge in [-0.3, -0.25) is 0 Å². The van der Waals surface area contributed by atoms with E-state index in [0.29, 0.717) is 0 Å². The fraction of sp³-hybridized carbons (Fsp3) is 0.419. The summed E-state index contributed by atoms with van der Waals surface area (Å²) in [5.41, 5.74) is 22.0. The standard InChI is InChI=1S/C29H37ClN2.C2H6/c1-8-19-16-24(26(30)23(9-2)27(19)32)29(6,7)21-12-10-11-20(17-21)28(4,5)22-13-14-25(31)18(3)15-22;1-2/h10-17H,8-9,31-32H2,1-7H3;1-2H3. The van der Waals surface area contributed by atoms with E-state index in [4.69, 9.17) is 23.1 Å². The minimum atomic E-state index is -0.262. The van der Waals surface area contributed by atoms with Gasteiger partial charge in [-0.15, -0.1) is 0 Å². The lowest BCUT2D eigenvalue weighted by atomic mass is 9.72. The van der Waals surface area contributed by atoms with Crippen molar-refractivity contribution in [2.45, 2.75) is 86.0 Å². The van der Waals surface area contributed by atoms with Crippen molar-refractivity contribution in [3.8, 4) is 0 Å². The summed E-state index contributed by atoms with van der Waals surface area (Å²) in [6.45, 7) is 19.4. The van der Waals surface area contributed by atoms with Crippen LogP contribution in [0.15, 0.2) is 48.5 Å². The zero-order valence-electron chi connectivity index (χ0n) is 22.6. The van der Waals surface area contributed by atoms with Gasteiger partial charge in [0.1, 0.15) is 0 Å². The Kier molecular flexibility index (Phi) is 8.88. The van der Waals surface area contributed by atoms with E-state index in [1.807, 2.05) is 19.9 Å². The van der Waals surface area contributed by atoms with Crippen LogP contribution in [0.5, 0.6) is 0 Å². The maximum atomic E-state index is 6.94. The van der Waals surface area contributed by atoms with Crippen molar-refractivity contribution >= 4 is 23.0 Å². The molecule has 0 heterocycles. The zero-order valence-corrected chi connectivity index (χ0v) is 23.3. The second-order valence-electron chi connectivity index (χ2n) is 9.90. The summed E-state index contributed by atoms with van der Waals surface area (Å²) < 4.78 is 0. The molecule has 0 amide bonds. The first-order chi connectivity index (χ1) is 15.9. The summed E-state index contributed by atoms with van der Waals surface area (Å²) in [5.74, 6) is 0. The van der Waals surface area contributed by atoms with E-state index in [0.717, 1.165) is 45.9 Å². The summed E-state index contributed by atoms with van der Waals surface area (Å²) in [4.78, 5) is 0. The summed E-state index contributed by atoms with van der Waals surface area (Å²) in [6, 6.07) is 17.5. The number of hydrogen-bond acceptors (Lipinski definition) is 2. The van der Waals surface area contributed by atoms with Gasteiger partial charge in [0.05, 0.1) is 0 Å². The Morgan fingerprint density at radius 1 is 0.765 bits per heavy atom. The highest BCUT2D eigenvalue weighted by atomic mass is 35.5. The molecule has 0 bridgehead atoms. The van der Waals surface area contributed by atoms with Crippen molar-refractivity contribution in [1.82, 2.24) is 0 Å². The molecular formula is C31H43ClN2. The van der Waals surface area contributed by atoms with Gasteiger partial charge in [0.2, 0.25) is 0 Å². The molecule has 0 aromatic heterocycles.